The molecule has 0 saturated carbocycles. The summed E-state index contributed by atoms with van der Waals surface area (Å²) in [6, 6.07) is 0. The Morgan fingerprint density at radius 3 is 1.00 bits per heavy atom. The summed E-state index contributed by atoms with van der Waals surface area (Å²) in [5.41, 5.74) is 0. The van der Waals surface area contributed by atoms with Gasteiger partial charge in [0.05, 0.1) is 0 Å². The molecule has 0 heterocycles. The van der Waals surface area contributed by atoms with Crippen LogP contribution >= 0.6 is 13.5 Å². The second kappa shape index (κ2) is 55.6. The Labute approximate surface area is 60.6 Å². The molecule has 0 aliphatic heterocycles. The van der Waals surface area contributed by atoms with E-state index in [2.05, 4.69) is 0 Å². The van der Waals surface area contributed by atoms with Crippen molar-refractivity contribution < 1.29 is 39.6 Å². The summed E-state index contributed by atoms with van der Waals surface area (Å²) >= 11 is 0. The average Bonchev–Trinajstić information content (AvgIpc) is 0. The van der Waals surface area contributed by atoms with E-state index in [-0.39, 0.29) is 60.5 Å². The van der Waals surface area contributed by atoms with E-state index in [1.165, 1.54) is 0 Å². The molecule has 0 aliphatic carbocycles. The fourth-order valence-electron chi connectivity index (χ4n) is 0. The zero-order valence-corrected chi connectivity index (χ0v) is 5.02. The maximum atomic E-state index is 0. The van der Waals surface area contributed by atoms with E-state index in [0.29, 0.717) is 0 Å². The molecule has 0 unspecified atom stereocenters. The zero-order chi connectivity index (χ0) is 0. The second-order valence-corrected chi connectivity index (χ2v) is 0. The van der Waals surface area contributed by atoms with Crippen LogP contribution in [0.1, 0.15) is 7.43 Å². The van der Waals surface area contributed by atoms with E-state index in [1.807, 2.05) is 0 Å². The van der Waals surface area contributed by atoms with Gasteiger partial charge in [-0.15, -0.1) is 0 Å². The van der Waals surface area contributed by atoms with E-state index < -0.39 is 0 Å². The molecule has 0 fully saturated rings. The van der Waals surface area contributed by atoms with Crippen molar-refractivity contribution in [1.82, 2.24) is 0 Å². The van der Waals surface area contributed by atoms with Gasteiger partial charge in [-0.05, 0) is 0 Å². The summed E-state index contributed by atoms with van der Waals surface area (Å²) in [6.07, 6.45) is 0. The topological polar surface area (TPSA) is 31.5 Å². The normalized spacial score (nSPS) is 0. The molecule has 0 aromatic heterocycles. The van der Waals surface area contributed by atoms with E-state index in [1.54, 1.807) is 0 Å². The first-order chi connectivity index (χ1) is 0. The molecule has 0 spiro atoms. The molecule has 39 valence electrons. The summed E-state index contributed by atoms with van der Waals surface area (Å²) in [5.74, 6) is 0. The van der Waals surface area contributed by atoms with Gasteiger partial charge < -0.3 is 5.48 Å². The molecule has 1 radical (unpaired) electrons. The Morgan fingerprint density at radius 1 is 1.00 bits per heavy atom. The molecule has 0 aromatic rings. The Balaban J connectivity index is 0. The van der Waals surface area contributed by atoms with Gasteiger partial charge in [0.2, 0.25) is 0 Å². The zero-order valence-electron chi connectivity index (χ0n) is 1.73. The molecular formula is CH8FeMnOS. The van der Waals surface area contributed by atoms with Crippen LogP contribution in [0, 0.1) is 0 Å². The van der Waals surface area contributed by atoms with Crippen LogP contribution < -0.4 is 0 Å². The van der Waals surface area contributed by atoms with Crippen molar-refractivity contribution in [1.29, 1.82) is 0 Å². The van der Waals surface area contributed by atoms with E-state index >= 15 is 0 Å². The largest absolute Gasteiger partial charge is 0.412 e. The molecule has 4 heteroatoms. The Morgan fingerprint density at radius 2 is 1.00 bits per heavy atom. The average molecular weight is 179 g/mol. The quantitative estimate of drug-likeness (QED) is 0.465. The van der Waals surface area contributed by atoms with Gasteiger partial charge in [-0.1, -0.05) is 7.43 Å². The molecule has 0 aromatic carbocycles. The van der Waals surface area contributed by atoms with Gasteiger partial charge in [0.15, 0.2) is 0 Å². The van der Waals surface area contributed by atoms with Gasteiger partial charge in [-0.2, -0.15) is 13.5 Å². The minimum atomic E-state index is 0. The minimum absolute atomic E-state index is 0. The van der Waals surface area contributed by atoms with Crippen LogP contribution in [0.25, 0.3) is 0 Å². The van der Waals surface area contributed by atoms with Crippen LogP contribution in [0.15, 0.2) is 0 Å². The standard InChI is InChI=1S/CH4.Fe.Mn.H2O.H2S/h1H4;;;2*1H2. The molecule has 5 heavy (non-hydrogen) atoms. The Hall–Kier alpha value is 1.35. The van der Waals surface area contributed by atoms with E-state index in [0.717, 1.165) is 0 Å². The van der Waals surface area contributed by atoms with Crippen molar-refractivity contribution in [2.75, 3.05) is 0 Å². The molecule has 0 bridgehead atoms. The van der Waals surface area contributed by atoms with Crippen LogP contribution in [0.2, 0.25) is 0 Å². The number of rotatable bonds is 0. The smallest absolute Gasteiger partial charge is 0 e. The molecule has 0 amide bonds. The summed E-state index contributed by atoms with van der Waals surface area (Å²) in [6.45, 7) is 0. The fourth-order valence-corrected chi connectivity index (χ4v) is 0. The molecule has 0 rings (SSSR count). The van der Waals surface area contributed by atoms with Crippen molar-refractivity contribution in [3.05, 3.63) is 0 Å². The predicted molar refractivity (Wildman–Crippen MR) is 20.7 cm³/mol. The van der Waals surface area contributed by atoms with Crippen molar-refractivity contribution in [3.8, 4) is 0 Å². The van der Waals surface area contributed by atoms with Crippen molar-refractivity contribution >= 4 is 13.5 Å². The van der Waals surface area contributed by atoms with E-state index in [9.17, 15) is 0 Å². The third-order valence-corrected chi connectivity index (χ3v) is 0. The Bertz CT molecular complexity index is 11.6. The minimum Gasteiger partial charge on any atom is -0.412 e. The monoisotopic (exact) mass is 179 g/mol. The van der Waals surface area contributed by atoms with Crippen LogP contribution in [0.5, 0.6) is 0 Å². The summed E-state index contributed by atoms with van der Waals surface area (Å²) in [7, 11) is 0. The van der Waals surface area contributed by atoms with Crippen molar-refractivity contribution in [3.63, 3.8) is 0 Å². The first-order valence-corrected chi connectivity index (χ1v) is 0. The fraction of sp³-hybridized carbons (Fsp3) is 1.00. The van der Waals surface area contributed by atoms with Gasteiger partial charge >= 0.3 is 0 Å². The van der Waals surface area contributed by atoms with Gasteiger partial charge in [0.1, 0.15) is 0 Å². The van der Waals surface area contributed by atoms with Crippen LogP contribution in [0.3, 0.4) is 0 Å². The third kappa shape index (κ3) is 33.0. The third-order valence-electron chi connectivity index (χ3n) is 0. The van der Waals surface area contributed by atoms with Gasteiger partial charge in [0.25, 0.3) is 0 Å². The summed E-state index contributed by atoms with van der Waals surface area (Å²) < 4.78 is 0. The van der Waals surface area contributed by atoms with Gasteiger partial charge in [-0.3, -0.25) is 0 Å². The second-order valence-electron chi connectivity index (χ2n) is 0. The first-order valence-electron chi connectivity index (χ1n) is 0. The van der Waals surface area contributed by atoms with Crippen LogP contribution in [-0.2, 0) is 34.1 Å². The maximum absolute atomic E-state index is 0. The maximum Gasteiger partial charge on any atom is 0 e. The molecule has 0 aliphatic rings. The Kier molecular flexibility index (Phi) is 1110. The van der Waals surface area contributed by atoms with Crippen molar-refractivity contribution in [2.24, 2.45) is 0 Å². The first kappa shape index (κ1) is 99.8. The molecular weight excluding hydrogens is 171 g/mol. The van der Waals surface area contributed by atoms with Crippen molar-refractivity contribution in [2.45, 2.75) is 7.43 Å². The summed E-state index contributed by atoms with van der Waals surface area (Å²) in [4.78, 5) is 0. The molecule has 0 saturated heterocycles. The molecule has 1 nitrogen and oxygen atoms in total. The number of hydrogen-bond donors (Lipinski definition) is 0. The van der Waals surface area contributed by atoms with Crippen LogP contribution in [0.4, 0.5) is 0 Å². The SMILES string of the molecule is C.O.S.[Fe].[Mn]. The summed E-state index contributed by atoms with van der Waals surface area (Å²) in [5, 5.41) is 0. The van der Waals surface area contributed by atoms with Gasteiger partial charge in [0, 0.05) is 34.1 Å². The predicted octanol–water partition coefficient (Wildman–Crippen LogP) is -0.0808. The van der Waals surface area contributed by atoms with Gasteiger partial charge in [-0.25, -0.2) is 0 Å². The number of hydrogen-bond acceptors (Lipinski definition) is 0. The molecule has 0 atom stereocenters. The van der Waals surface area contributed by atoms with Crippen LogP contribution in [-0.4, -0.2) is 5.48 Å². The van der Waals surface area contributed by atoms with E-state index in [4.69, 9.17) is 0 Å². The molecule has 2 N–H and O–H groups in total.